The summed E-state index contributed by atoms with van der Waals surface area (Å²) in [7, 11) is 0. The summed E-state index contributed by atoms with van der Waals surface area (Å²) < 4.78 is 0. The van der Waals surface area contributed by atoms with Gasteiger partial charge in [0, 0.05) is 5.57 Å². The zero-order chi connectivity index (χ0) is 8.85. The van der Waals surface area contributed by atoms with E-state index in [4.69, 9.17) is 5.26 Å². The number of allylic oxidation sites excluding steroid dienone is 1. The summed E-state index contributed by atoms with van der Waals surface area (Å²) in [5, 5.41) is 8.04. The zero-order valence-corrected chi connectivity index (χ0v) is 7.18. The first-order valence-corrected chi connectivity index (χ1v) is 3.65. The van der Waals surface area contributed by atoms with Crippen LogP contribution >= 0.6 is 0 Å². The average molecular weight is 158 g/mol. The summed E-state index contributed by atoms with van der Waals surface area (Å²) in [5.41, 5.74) is 1.46. The fraction of sp³-hybridized carbons (Fsp3) is 0.625. The third-order valence-electron chi connectivity index (χ3n) is 1.65. The number of carbonyl (C=O) groups is 1. The lowest BCUT2D eigenvalue weighted by Crippen LogP contribution is -2.04. The molecule has 1 N–H and O–H groups in total. The molecule has 0 radical (unpaired) electrons. The summed E-state index contributed by atoms with van der Waals surface area (Å²) in [6.45, 7) is 5.53. The van der Waals surface area contributed by atoms with Crippen LogP contribution in [0.25, 0.3) is 0 Å². The van der Waals surface area contributed by atoms with Crippen molar-refractivity contribution in [3.63, 3.8) is 0 Å². The molecule has 0 aliphatic carbocycles. The van der Waals surface area contributed by atoms with E-state index in [-0.39, 0.29) is 0 Å². The van der Waals surface area contributed by atoms with Gasteiger partial charge in [0.25, 0.3) is 0 Å². The van der Waals surface area contributed by atoms with Crippen molar-refractivity contribution >= 4 is 5.97 Å². The van der Waals surface area contributed by atoms with Crippen molar-refractivity contribution in [1.82, 2.24) is 0 Å². The summed E-state index contributed by atoms with van der Waals surface area (Å²) in [5.74, 6) is -0.657. The second-order valence-corrected chi connectivity index (χ2v) is 2.53. The van der Waals surface area contributed by atoms with E-state index in [1.807, 2.05) is 13.8 Å². The van der Waals surface area contributed by atoms with Crippen LogP contribution in [-0.4, -0.2) is 11.2 Å². The first-order chi connectivity index (χ1) is 5.13. The summed E-state index contributed by atoms with van der Waals surface area (Å²) >= 11 is 0. The highest BCUT2D eigenvalue weighted by atomic mass is 17.1. The lowest BCUT2D eigenvalue weighted by atomic mass is 10.1. The van der Waals surface area contributed by atoms with Crippen molar-refractivity contribution < 1.29 is 14.9 Å². The van der Waals surface area contributed by atoms with Crippen molar-refractivity contribution in [1.29, 1.82) is 0 Å². The van der Waals surface area contributed by atoms with E-state index in [1.54, 1.807) is 6.92 Å². The molecule has 0 heterocycles. The molecule has 3 nitrogen and oxygen atoms in total. The van der Waals surface area contributed by atoms with Gasteiger partial charge in [0.2, 0.25) is 0 Å². The molecule has 64 valence electrons. The Morgan fingerprint density at radius 2 is 2.00 bits per heavy atom. The molecule has 0 atom stereocenters. The van der Waals surface area contributed by atoms with Crippen molar-refractivity contribution in [3.8, 4) is 0 Å². The molecule has 0 spiro atoms. The summed E-state index contributed by atoms with van der Waals surface area (Å²) in [6.07, 6.45) is 1.85. The molecule has 0 saturated heterocycles. The van der Waals surface area contributed by atoms with E-state index in [0.29, 0.717) is 5.57 Å². The number of hydrogen-bond donors (Lipinski definition) is 1. The van der Waals surface area contributed by atoms with Gasteiger partial charge in [-0.1, -0.05) is 18.9 Å². The largest absolute Gasteiger partial charge is 0.368 e. The molecule has 0 aromatic rings. The van der Waals surface area contributed by atoms with Crippen molar-refractivity contribution in [2.45, 2.75) is 33.6 Å². The summed E-state index contributed by atoms with van der Waals surface area (Å²) in [4.78, 5) is 14.3. The van der Waals surface area contributed by atoms with Crippen molar-refractivity contribution in [2.24, 2.45) is 0 Å². The van der Waals surface area contributed by atoms with Crippen LogP contribution in [0.5, 0.6) is 0 Å². The minimum atomic E-state index is -0.657. The van der Waals surface area contributed by atoms with E-state index in [9.17, 15) is 4.79 Å². The zero-order valence-electron chi connectivity index (χ0n) is 7.18. The second kappa shape index (κ2) is 4.91. The molecule has 0 aromatic heterocycles. The van der Waals surface area contributed by atoms with Crippen LogP contribution in [0.4, 0.5) is 0 Å². The highest BCUT2D eigenvalue weighted by molar-refractivity contribution is 5.87. The topological polar surface area (TPSA) is 46.5 Å². The Hall–Kier alpha value is -0.830. The first kappa shape index (κ1) is 10.2. The molecule has 0 saturated carbocycles. The maximum Gasteiger partial charge on any atom is 0.368 e. The Kier molecular flexibility index (Phi) is 4.54. The van der Waals surface area contributed by atoms with Gasteiger partial charge in [-0.05, 0) is 20.3 Å². The molecule has 3 heteroatoms. The maximum absolute atomic E-state index is 10.7. The van der Waals surface area contributed by atoms with Gasteiger partial charge in [-0.3, -0.25) is 4.89 Å². The van der Waals surface area contributed by atoms with Gasteiger partial charge in [0.1, 0.15) is 0 Å². The molecular weight excluding hydrogens is 144 g/mol. The Labute approximate surface area is 66.6 Å². The van der Waals surface area contributed by atoms with Crippen LogP contribution in [0.2, 0.25) is 0 Å². The standard InChI is InChI=1S/C8H14O3/c1-4-5-6(2)7(3)8(9)11-10/h10H,4-5H2,1-3H3. The highest BCUT2D eigenvalue weighted by Crippen LogP contribution is 2.10. The van der Waals surface area contributed by atoms with Crippen LogP contribution in [0.15, 0.2) is 11.1 Å². The molecule has 0 unspecified atom stereocenters. The Morgan fingerprint density at radius 3 is 2.36 bits per heavy atom. The van der Waals surface area contributed by atoms with Crippen LogP contribution in [-0.2, 0) is 9.68 Å². The fourth-order valence-electron chi connectivity index (χ4n) is 0.805. The third kappa shape index (κ3) is 3.18. The number of rotatable bonds is 3. The van der Waals surface area contributed by atoms with Gasteiger partial charge < -0.3 is 0 Å². The maximum atomic E-state index is 10.7. The lowest BCUT2D eigenvalue weighted by molar-refractivity contribution is -0.229. The average Bonchev–Trinajstić information content (AvgIpc) is 2.02. The van der Waals surface area contributed by atoms with E-state index < -0.39 is 5.97 Å². The van der Waals surface area contributed by atoms with Gasteiger partial charge in [-0.15, -0.1) is 0 Å². The smallest absolute Gasteiger partial charge is 0.296 e. The van der Waals surface area contributed by atoms with Gasteiger partial charge in [0.15, 0.2) is 0 Å². The predicted molar refractivity (Wildman–Crippen MR) is 42.0 cm³/mol. The molecule has 0 rings (SSSR count). The van der Waals surface area contributed by atoms with Gasteiger partial charge in [-0.25, -0.2) is 4.79 Å². The van der Waals surface area contributed by atoms with E-state index in [1.165, 1.54) is 0 Å². The molecule has 0 bridgehead atoms. The monoisotopic (exact) mass is 158 g/mol. The second-order valence-electron chi connectivity index (χ2n) is 2.53. The highest BCUT2D eigenvalue weighted by Gasteiger charge is 2.07. The number of hydrogen-bond acceptors (Lipinski definition) is 3. The number of carbonyl (C=O) groups excluding carboxylic acids is 1. The SMILES string of the molecule is CCCC(C)=C(C)C(=O)OO. The molecule has 0 amide bonds. The van der Waals surface area contributed by atoms with Crippen molar-refractivity contribution in [2.75, 3.05) is 0 Å². The lowest BCUT2D eigenvalue weighted by Gasteiger charge is -2.01. The van der Waals surface area contributed by atoms with E-state index in [0.717, 1.165) is 18.4 Å². The fourth-order valence-corrected chi connectivity index (χ4v) is 0.805. The third-order valence-corrected chi connectivity index (χ3v) is 1.65. The molecule has 0 aliphatic heterocycles. The van der Waals surface area contributed by atoms with Gasteiger partial charge in [0.05, 0.1) is 0 Å². The van der Waals surface area contributed by atoms with E-state index >= 15 is 0 Å². The Morgan fingerprint density at radius 1 is 1.45 bits per heavy atom. The van der Waals surface area contributed by atoms with Crippen LogP contribution in [0.3, 0.4) is 0 Å². The van der Waals surface area contributed by atoms with Gasteiger partial charge in [-0.2, -0.15) is 5.26 Å². The Balaban J connectivity index is 4.26. The molecule has 0 aliphatic rings. The quantitative estimate of drug-likeness (QED) is 0.389. The molecule has 11 heavy (non-hydrogen) atoms. The summed E-state index contributed by atoms with van der Waals surface area (Å²) in [6, 6.07) is 0. The minimum Gasteiger partial charge on any atom is -0.296 e. The minimum absolute atomic E-state index is 0.495. The predicted octanol–water partition coefficient (Wildman–Crippen LogP) is 2.14. The molecule has 0 fully saturated rings. The van der Waals surface area contributed by atoms with Crippen molar-refractivity contribution in [3.05, 3.63) is 11.1 Å². The van der Waals surface area contributed by atoms with Crippen LogP contribution in [0.1, 0.15) is 33.6 Å². The van der Waals surface area contributed by atoms with Crippen LogP contribution < -0.4 is 0 Å². The van der Waals surface area contributed by atoms with Crippen LogP contribution in [0, 0.1) is 0 Å². The normalized spacial score (nSPS) is 12.4. The van der Waals surface area contributed by atoms with Gasteiger partial charge >= 0.3 is 5.97 Å². The molecule has 0 aromatic carbocycles. The van der Waals surface area contributed by atoms with E-state index in [2.05, 4.69) is 4.89 Å². The molecular formula is C8H14O3. The first-order valence-electron chi connectivity index (χ1n) is 3.65. The Bertz CT molecular complexity index is 170.